The molecule has 1 heterocycles. The monoisotopic (exact) mass is 362 g/mol. The summed E-state index contributed by atoms with van der Waals surface area (Å²) in [5.74, 6) is -0.863. The number of ether oxygens (including phenoxy) is 1. The van der Waals surface area contributed by atoms with E-state index in [1.165, 1.54) is 29.8 Å². The maximum atomic E-state index is 12.4. The number of hydrogen-bond donors (Lipinski definition) is 1. The van der Waals surface area contributed by atoms with Crippen molar-refractivity contribution in [2.75, 3.05) is 4.72 Å². The first-order valence-corrected chi connectivity index (χ1v) is 8.03. The van der Waals surface area contributed by atoms with Gasteiger partial charge in [0.15, 0.2) is 0 Å². The molecule has 0 unspecified atom stereocenters. The van der Waals surface area contributed by atoms with Crippen molar-refractivity contribution < 1.29 is 26.3 Å². The van der Waals surface area contributed by atoms with Gasteiger partial charge in [0.25, 0.3) is 15.6 Å². The van der Waals surface area contributed by atoms with Crippen LogP contribution in [0, 0.1) is 6.92 Å². The fraction of sp³-hybridized carbons (Fsp3) is 0.214. The van der Waals surface area contributed by atoms with E-state index in [-0.39, 0.29) is 5.69 Å². The van der Waals surface area contributed by atoms with E-state index in [1.54, 1.807) is 6.92 Å². The summed E-state index contributed by atoms with van der Waals surface area (Å²) in [7, 11) is -2.88. The minimum atomic E-state index is -5.04. The standard InChI is InChI=1S/C14H13F3N2O4S/c1-9-7-10(8-13(20)19(9)2)18-24(21,22)12-6-4-3-5-11(12)23-14(15,16)17/h3-8,18H,1-2H3. The zero-order valence-electron chi connectivity index (χ0n) is 12.6. The molecule has 0 amide bonds. The van der Waals surface area contributed by atoms with Crippen molar-refractivity contribution in [3.8, 4) is 5.75 Å². The molecule has 0 atom stereocenters. The first-order chi connectivity index (χ1) is 11.0. The normalized spacial score (nSPS) is 12.0. The van der Waals surface area contributed by atoms with Crippen molar-refractivity contribution in [2.24, 2.45) is 7.05 Å². The third-order valence-electron chi connectivity index (χ3n) is 3.12. The van der Waals surface area contributed by atoms with Gasteiger partial charge in [-0.2, -0.15) is 0 Å². The molecular weight excluding hydrogens is 349 g/mol. The van der Waals surface area contributed by atoms with Crippen LogP contribution in [0.25, 0.3) is 0 Å². The Morgan fingerprint density at radius 2 is 1.79 bits per heavy atom. The number of alkyl halides is 3. The molecule has 10 heteroatoms. The fourth-order valence-electron chi connectivity index (χ4n) is 1.92. The molecule has 2 aromatic rings. The Balaban J connectivity index is 2.44. The van der Waals surface area contributed by atoms with Crippen molar-refractivity contribution in [3.05, 3.63) is 52.4 Å². The van der Waals surface area contributed by atoms with Crippen molar-refractivity contribution in [1.82, 2.24) is 4.57 Å². The first-order valence-electron chi connectivity index (χ1n) is 6.55. The van der Waals surface area contributed by atoms with E-state index >= 15 is 0 Å². The zero-order chi connectivity index (χ0) is 18.1. The highest BCUT2D eigenvalue weighted by molar-refractivity contribution is 7.92. The van der Waals surface area contributed by atoms with Gasteiger partial charge in [-0.1, -0.05) is 12.1 Å². The maximum Gasteiger partial charge on any atom is 0.573 e. The van der Waals surface area contributed by atoms with Crippen molar-refractivity contribution in [1.29, 1.82) is 0 Å². The SMILES string of the molecule is Cc1cc(NS(=O)(=O)c2ccccc2OC(F)(F)F)cc(=O)n1C. The number of hydrogen-bond acceptors (Lipinski definition) is 4. The largest absolute Gasteiger partial charge is 0.573 e. The second kappa shape index (κ2) is 6.19. The molecule has 0 radical (unpaired) electrons. The summed E-state index contributed by atoms with van der Waals surface area (Å²) in [6, 6.07) is 6.73. The van der Waals surface area contributed by atoms with E-state index in [9.17, 15) is 26.4 Å². The predicted octanol–water partition coefficient (Wildman–Crippen LogP) is 2.39. The van der Waals surface area contributed by atoms with Gasteiger partial charge in [0, 0.05) is 18.8 Å². The highest BCUT2D eigenvalue weighted by Gasteiger charge is 2.34. The summed E-state index contributed by atoms with van der Waals surface area (Å²) in [5, 5.41) is 0. The molecule has 0 fully saturated rings. The molecule has 24 heavy (non-hydrogen) atoms. The molecule has 1 aromatic heterocycles. The average molecular weight is 362 g/mol. The second-order valence-corrected chi connectivity index (χ2v) is 6.53. The third-order valence-corrected chi connectivity index (χ3v) is 4.54. The molecule has 0 bridgehead atoms. The Morgan fingerprint density at radius 3 is 2.38 bits per heavy atom. The van der Waals surface area contributed by atoms with Crippen molar-refractivity contribution in [2.45, 2.75) is 18.2 Å². The molecule has 0 aliphatic heterocycles. The summed E-state index contributed by atoms with van der Waals surface area (Å²) in [4.78, 5) is 11.0. The molecule has 1 aromatic carbocycles. The average Bonchev–Trinajstić information content (AvgIpc) is 2.43. The minimum Gasteiger partial charge on any atom is -0.404 e. The van der Waals surface area contributed by atoms with E-state index in [0.717, 1.165) is 18.2 Å². The zero-order valence-corrected chi connectivity index (χ0v) is 13.4. The summed E-state index contributed by atoms with van der Waals surface area (Å²) in [6.07, 6.45) is -5.04. The van der Waals surface area contributed by atoms with E-state index in [2.05, 4.69) is 9.46 Å². The number of aryl methyl sites for hydroxylation is 1. The summed E-state index contributed by atoms with van der Waals surface area (Å²) >= 11 is 0. The van der Waals surface area contributed by atoms with Crippen LogP contribution in [0.15, 0.2) is 46.1 Å². The Hall–Kier alpha value is -2.49. The number of para-hydroxylation sites is 1. The number of sulfonamides is 1. The van der Waals surface area contributed by atoms with Gasteiger partial charge in [-0.25, -0.2) is 8.42 Å². The number of nitrogens with one attached hydrogen (secondary N) is 1. The molecular formula is C14H13F3N2O4S. The molecule has 1 N–H and O–H groups in total. The molecule has 2 rings (SSSR count). The number of aromatic nitrogens is 1. The van der Waals surface area contributed by atoms with Gasteiger partial charge in [0.1, 0.15) is 10.6 Å². The highest BCUT2D eigenvalue weighted by Crippen LogP contribution is 2.30. The van der Waals surface area contributed by atoms with Gasteiger partial charge in [0.2, 0.25) is 0 Å². The number of anilines is 1. The summed E-state index contributed by atoms with van der Waals surface area (Å²) in [5.41, 5.74) is -0.0510. The maximum absolute atomic E-state index is 12.4. The Morgan fingerprint density at radius 1 is 1.17 bits per heavy atom. The van der Waals surface area contributed by atoms with Crippen LogP contribution in [-0.4, -0.2) is 19.3 Å². The smallest absolute Gasteiger partial charge is 0.404 e. The van der Waals surface area contributed by atoms with Crippen LogP contribution >= 0.6 is 0 Å². The molecule has 0 spiro atoms. The van der Waals surface area contributed by atoms with E-state index in [0.29, 0.717) is 5.69 Å². The topological polar surface area (TPSA) is 77.4 Å². The van der Waals surface area contributed by atoms with Crippen LogP contribution in [0.3, 0.4) is 0 Å². The van der Waals surface area contributed by atoms with Crippen LogP contribution in [0.4, 0.5) is 18.9 Å². The lowest BCUT2D eigenvalue weighted by Crippen LogP contribution is -2.22. The molecule has 0 saturated heterocycles. The fourth-order valence-corrected chi connectivity index (χ4v) is 3.09. The Labute approximate surface area is 135 Å². The van der Waals surface area contributed by atoms with E-state index in [4.69, 9.17) is 0 Å². The lowest BCUT2D eigenvalue weighted by molar-refractivity contribution is -0.275. The third kappa shape index (κ3) is 4.07. The number of rotatable bonds is 4. The van der Waals surface area contributed by atoms with Crippen molar-refractivity contribution in [3.63, 3.8) is 0 Å². The van der Waals surface area contributed by atoms with E-state index < -0.39 is 32.6 Å². The van der Waals surface area contributed by atoms with Gasteiger partial charge in [-0.05, 0) is 25.1 Å². The molecule has 0 aliphatic carbocycles. The van der Waals surface area contributed by atoms with Gasteiger partial charge < -0.3 is 9.30 Å². The number of halogens is 3. The Bertz CT molecular complexity index is 920. The molecule has 0 aliphatic rings. The van der Waals surface area contributed by atoms with Crippen LogP contribution in [0.5, 0.6) is 5.75 Å². The van der Waals surface area contributed by atoms with E-state index in [1.807, 2.05) is 0 Å². The summed E-state index contributed by atoms with van der Waals surface area (Å²) in [6.45, 7) is 1.58. The lowest BCUT2D eigenvalue weighted by Gasteiger charge is -2.15. The molecule has 130 valence electrons. The van der Waals surface area contributed by atoms with Crippen LogP contribution in [-0.2, 0) is 17.1 Å². The van der Waals surface area contributed by atoms with Crippen LogP contribution < -0.4 is 15.0 Å². The lowest BCUT2D eigenvalue weighted by atomic mass is 10.3. The minimum absolute atomic E-state index is 0.0580. The number of nitrogens with zero attached hydrogens (tertiary/aromatic N) is 1. The van der Waals surface area contributed by atoms with Crippen LogP contribution in [0.1, 0.15) is 5.69 Å². The van der Waals surface area contributed by atoms with Gasteiger partial charge in [-0.3, -0.25) is 9.52 Å². The molecule has 0 saturated carbocycles. The van der Waals surface area contributed by atoms with Gasteiger partial charge in [0.05, 0.1) is 5.69 Å². The van der Waals surface area contributed by atoms with Gasteiger partial charge >= 0.3 is 6.36 Å². The molecule has 6 nitrogen and oxygen atoms in total. The van der Waals surface area contributed by atoms with Crippen molar-refractivity contribution >= 4 is 15.7 Å². The number of pyridine rings is 1. The van der Waals surface area contributed by atoms with Gasteiger partial charge in [-0.15, -0.1) is 13.2 Å². The second-order valence-electron chi connectivity index (χ2n) is 4.88. The summed E-state index contributed by atoms with van der Waals surface area (Å²) < 4.78 is 69.0. The highest BCUT2D eigenvalue weighted by atomic mass is 32.2. The number of benzene rings is 1. The van der Waals surface area contributed by atoms with Crippen LogP contribution in [0.2, 0.25) is 0 Å². The quantitative estimate of drug-likeness (QED) is 0.906. The first kappa shape index (κ1) is 17.9. The Kier molecular flexibility index (Phi) is 4.61. The predicted molar refractivity (Wildman–Crippen MR) is 80.4 cm³/mol.